The lowest BCUT2D eigenvalue weighted by molar-refractivity contribution is -0.148. The number of carbonyl (C=O) groups is 1. The fourth-order valence-electron chi connectivity index (χ4n) is 2.39. The van der Waals surface area contributed by atoms with Crippen LogP contribution in [0, 0.1) is 0 Å². The molecule has 2 rings (SSSR count). The van der Waals surface area contributed by atoms with E-state index in [1.807, 2.05) is 30.8 Å². The molecule has 0 saturated heterocycles. The quantitative estimate of drug-likeness (QED) is 0.530. The van der Waals surface area contributed by atoms with Crippen molar-refractivity contribution in [2.45, 2.75) is 56.4 Å². The minimum Gasteiger partial charge on any atom is -0.468 e. The van der Waals surface area contributed by atoms with Crippen molar-refractivity contribution in [1.82, 2.24) is 5.32 Å². The summed E-state index contributed by atoms with van der Waals surface area (Å²) in [5.74, 6) is 2.88. The number of esters is 1. The van der Waals surface area contributed by atoms with Gasteiger partial charge in [-0.25, -0.2) is 0 Å². The van der Waals surface area contributed by atoms with E-state index in [-0.39, 0.29) is 5.97 Å². The number of nitrogens with one attached hydrogen (secondary N) is 1. The topological polar surface area (TPSA) is 51.5 Å². The first-order chi connectivity index (χ1) is 10.1. The van der Waals surface area contributed by atoms with Crippen molar-refractivity contribution in [3.63, 3.8) is 0 Å². The Morgan fingerprint density at radius 2 is 2.33 bits per heavy atom. The smallest absolute Gasteiger partial charge is 0.325 e. The van der Waals surface area contributed by atoms with Gasteiger partial charge in [0.2, 0.25) is 0 Å². The Morgan fingerprint density at radius 3 is 2.95 bits per heavy atom. The maximum absolute atomic E-state index is 12.0. The van der Waals surface area contributed by atoms with Crippen molar-refractivity contribution in [1.29, 1.82) is 0 Å². The van der Waals surface area contributed by atoms with Crippen molar-refractivity contribution < 1.29 is 13.9 Å². The predicted octanol–water partition coefficient (Wildman–Crippen LogP) is 3.37. The molecular weight excluding hydrogens is 286 g/mol. The van der Waals surface area contributed by atoms with Crippen molar-refractivity contribution in [2.24, 2.45) is 0 Å². The van der Waals surface area contributed by atoms with Crippen molar-refractivity contribution >= 4 is 17.7 Å². The normalized spacial score (nSPS) is 17.4. The molecular formula is C16H25NO3S. The van der Waals surface area contributed by atoms with E-state index in [0.717, 1.165) is 36.5 Å². The zero-order valence-electron chi connectivity index (χ0n) is 12.9. The average Bonchev–Trinajstić information content (AvgIpc) is 3.13. The van der Waals surface area contributed by atoms with Gasteiger partial charge in [-0.1, -0.05) is 6.42 Å². The Bertz CT molecular complexity index is 431. The molecule has 1 N–H and O–H groups in total. The van der Waals surface area contributed by atoms with E-state index in [1.54, 1.807) is 6.26 Å². The van der Waals surface area contributed by atoms with Crippen LogP contribution in [0.25, 0.3) is 0 Å². The highest BCUT2D eigenvalue weighted by atomic mass is 32.2. The number of furan rings is 1. The second kappa shape index (κ2) is 7.90. The second-order valence-electron chi connectivity index (χ2n) is 5.83. The first-order valence-corrected chi connectivity index (χ1v) is 8.76. The van der Waals surface area contributed by atoms with E-state index in [9.17, 15) is 4.79 Å². The molecule has 4 nitrogen and oxygen atoms in total. The Kier molecular flexibility index (Phi) is 6.18. The van der Waals surface area contributed by atoms with Gasteiger partial charge in [-0.05, 0) is 50.5 Å². The molecule has 1 aromatic rings. The molecule has 0 bridgehead atoms. The third kappa shape index (κ3) is 5.40. The molecule has 0 aliphatic heterocycles. The number of carbonyl (C=O) groups excluding carboxylic acids is 1. The third-order valence-electron chi connectivity index (χ3n) is 3.78. The third-order valence-corrected chi connectivity index (χ3v) is 4.84. The van der Waals surface area contributed by atoms with Gasteiger partial charge in [-0.15, -0.1) is 0 Å². The number of hydrogen-bond acceptors (Lipinski definition) is 5. The molecule has 1 heterocycles. The van der Waals surface area contributed by atoms with Crippen LogP contribution in [0.5, 0.6) is 0 Å². The molecule has 1 saturated carbocycles. The van der Waals surface area contributed by atoms with Gasteiger partial charge >= 0.3 is 5.97 Å². The number of ether oxygens (including phenoxy) is 1. The summed E-state index contributed by atoms with van der Waals surface area (Å²) < 4.78 is 10.3. The maximum atomic E-state index is 12.0. The minimum absolute atomic E-state index is 0.141. The SMILES string of the molecule is COC(=O)C(C)(CCCCSCc1ccco1)NC1CC1. The van der Waals surface area contributed by atoms with Crippen LogP contribution >= 0.6 is 11.8 Å². The zero-order chi connectivity index (χ0) is 15.1. The van der Waals surface area contributed by atoms with Gasteiger partial charge in [0.05, 0.1) is 19.1 Å². The summed E-state index contributed by atoms with van der Waals surface area (Å²) in [6, 6.07) is 4.42. The fourth-order valence-corrected chi connectivity index (χ4v) is 3.30. The molecule has 21 heavy (non-hydrogen) atoms. The molecule has 0 spiro atoms. The average molecular weight is 311 g/mol. The lowest BCUT2D eigenvalue weighted by Crippen LogP contribution is -2.51. The van der Waals surface area contributed by atoms with E-state index in [1.165, 1.54) is 20.0 Å². The predicted molar refractivity (Wildman–Crippen MR) is 85.3 cm³/mol. The van der Waals surface area contributed by atoms with Gasteiger partial charge in [-0.2, -0.15) is 11.8 Å². The Labute approximate surface area is 131 Å². The molecule has 1 aliphatic carbocycles. The first-order valence-electron chi connectivity index (χ1n) is 7.60. The van der Waals surface area contributed by atoms with Crippen LogP contribution in [0.15, 0.2) is 22.8 Å². The zero-order valence-corrected chi connectivity index (χ0v) is 13.7. The highest BCUT2D eigenvalue weighted by Crippen LogP contribution is 2.26. The van der Waals surface area contributed by atoms with Gasteiger partial charge < -0.3 is 9.15 Å². The van der Waals surface area contributed by atoms with Crippen molar-refractivity contribution in [3.8, 4) is 0 Å². The lowest BCUT2D eigenvalue weighted by Gasteiger charge is -2.28. The van der Waals surface area contributed by atoms with Gasteiger partial charge in [0.1, 0.15) is 11.3 Å². The van der Waals surface area contributed by atoms with Crippen LogP contribution in [-0.4, -0.2) is 30.4 Å². The summed E-state index contributed by atoms with van der Waals surface area (Å²) >= 11 is 1.87. The lowest BCUT2D eigenvalue weighted by atomic mass is 9.95. The van der Waals surface area contributed by atoms with Gasteiger partial charge in [0.25, 0.3) is 0 Å². The summed E-state index contributed by atoms with van der Waals surface area (Å²) in [6.45, 7) is 1.97. The highest BCUT2D eigenvalue weighted by Gasteiger charge is 2.38. The van der Waals surface area contributed by atoms with Gasteiger partial charge in [0, 0.05) is 6.04 Å². The van der Waals surface area contributed by atoms with E-state index < -0.39 is 5.54 Å². The fraction of sp³-hybridized carbons (Fsp3) is 0.688. The maximum Gasteiger partial charge on any atom is 0.325 e. The van der Waals surface area contributed by atoms with E-state index in [4.69, 9.17) is 9.15 Å². The highest BCUT2D eigenvalue weighted by molar-refractivity contribution is 7.98. The van der Waals surface area contributed by atoms with Crippen molar-refractivity contribution in [3.05, 3.63) is 24.2 Å². The molecule has 1 aliphatic rings. The summed E-state index contributed by atoms with van der Waals surface area (Å²) in [5.41, 5.74) is -0.526. The molecule has 1 fully saturated rings. The summed E-state index contributed by atoms with van der Waals surface area (Å²) in [6.07, 6.45) is 7.01. The molecule has 5 heteroatoms. The summed E-state index contributed by atoms with van der Waals surface area (Å²) in [5, 5.41) is 3.43. The monoisotopic (exact) mass is 311 g/mol. The standard InChI is InChI=1S/C16H25NO3S/c1-16(15(18)19-2,17-13-7-8-13)9-3-4-11-21-12-14-6-5-10-20-14/h5-6,10,13,17H,3-4,7-9,11-12H2,1-2H3. The van der Waals surface area contributed by atoms with Crippen LogP contribution < -0.4 is 5.32 Å². The Balaban J connectivity index is 1.63. The molecule has 0 aromatic carbocycles. The Hall–Kier alpha value is -0.940. The number of rotatable bonds is 10. The molecule has 1 aromatic heterocycles. The number of hydrogen-bond donors (Lipinski definition) is 1. The van der Waals surface area contributed by atoms with Gasteiger partial charge in [0.15, 0.2) is 0 Å². The second-order valence-corrected chi connectivity index (χ2v) is 6.94. The first kappa shape index (κ1) is 16.4. The summed E-state index contributed by atoms with van der Waals surface area (Å²) in [7, 11) is 1.47. The molecule has 118 valence electrons. The number of thioether (sulfide) groups is 1. The number of unbranched alkanes of at least 4 members (excludes halogenated alkanes) is 1. The minimum atomic E-state index is -0.526. The van der Waals surface area contributed by atoms with Crippen LogP contribution in [0.4, 0.5) is 0 Å². The molecule has 1 unspecified atom stereocenters. The van der Waals surface area contributed by atoms with Crippen LogP contribution in [0.2, 0.25) is 0 Å². The van der Waals surface area contributed by atoms with Crippen LogP contribution in [0.1, 0.15) is 44.8 Å². The van der Waals surface area contributed by atoms with E-state index >= 15 is 0 Å². The van der Waals surface area contributed by atoms with Crippen molar-refractivity contribution in [2.75, 3.05) is 12.9 Å². The summed E-state index contributed by atoms with van der Waals surface area (Å²) in [4.78, 5) is 12.0. The van der Waals surface area contributed by atoms with E-state index in [0.29, 0.717) is 6.04 Å². The molecule has 0 radical (unpaired) electrons. The largest absolute Gasteiger partial charge is 0.468 e. The van der Waals surface area contributed by atoms with Crippen LogP contribution in [0.3, 0.4) is 0 Å². The molecule has 1 atom stereocenters. The Morgan fingerprint density at radius 1 is 1.52 bits per heavy atom. The van der Waals surface area contributed by atoms with Crippen LogP contribution in [-0.2, 0) is 15.3 Å². The molecule has 0 amide bonds. The van der Waals surface area contributed by atoms with E-state index in [2.05, 4.69) is 5.32 Å². The number of methoxy groups -OCH3 is 1. The van der Waals surface area contributed by atoms with Gasteiger partial charge in [-0.3, -0.25) is 10.1 Å².